The molecule has 0 unspecified atom stereocenters. The van der Waals surface area contributed by atoms with Crippen LogP contribution in [0.15, 0.2) is 71.9 Å². The Morgan fingerprint density at radius 3 is 2.13 bits per heavy atom. The molecule has 1 aromatic heterocycles. The topological polar surface area (TPSA) is 49.2 Å². The van der Waals surface area contributed by atoms with Gasteiger partial charge in [0, 0.05) is 23.1 Å². The molecule has 4 rings (SSSR count). The lowest BCUT2D eigenvalue weighted by Gasteiger charge is -2.13. The van der Waals surface area contributed by atoms with Gasteiger partial charge in [0.2, 0.25) is 0 Å². The molecule has 0 fully saturated rings. The number of aromatic nitrogens is 3. The fourth-order valence-electron chi connectivity index (χ4n) is 3.44. The van der Waals surface area contributed by atoms with E-state index in [1.165, 1.54) is 16.7 Å². The third kappa shape index (κ3) is 4.75. The average Bonchev–Trinajstić information content (AvgIpc) is 3.21. The molecule has 0 bridgehead atoms. The molecule has 0 aliphatic carbocycles. The van der Waals surface area contributed by atoms with Crippen LogP contribution in [0, 0.1) is 13.8 Å². The van der Waals surface area contributed by atoms with E-state index in [1.807, 2.05) is 18.2 Å². The molecule has 0 spiro atoms. The van der Waals surface area contributed by atoms with Crippen LogP contribution in [0.2, 0.25) is 0 Å². The van der Waals surface area contributed by atoms with Crippen molar-refractivity contribution in [2.24, 2.45) is 0 Å². The molecule has 5 nitrogen and oxygen atoms in total. The zero-order valence-corrected chi connectivity index (χ0v) is 18.9. The molecule has 0 atom stereocenters. The highest BCUT2D eigenvalue weighted by Gasteiger charge is 2.18. The molecule has 3 aromatic carbocycles. The number of hydrogen-bond donors (Lipinski definition) is 0. The van der Waals surface area contributed by atoms with Gasteiger partial charge in [-0.3, -0.25) is 4.57 Å². The summed E-state index contributed by atoms with van der Waals surface area (Å²) in [7, 11) is 3.29. The fraction of sp³-hybridized carbons (Fsp3) is 0.200. The molecule has 0 radical (unpaired) electrons. The van der Waals surface area contributed by atoms with Crippen molar-refractivity contribution in [2.75, 3.05) is 14.2 Å². The number of ether oxygens (including phenoxy) is 2. The Labute approximate surface area is 187 Å². The first-order valence-corrected chi connectivity index (χ1v) is 11.0. The van der Waals surface area contributed by atoms with E-state index in [4.69, 9.17) is 9.47 Å². The van der Waals surface area contributed by atoms with Gasteiger partial charge in [-0.25, -0.2) is 0 Å². The van der Waals surface area contributed by atoms with Crippen LogP contribution in [-0.4, -0.2) is 29.0 Å². The van der Waals surface area contributed by atoms with Crippen LogP contribution >= 0.6 is 11.8 Å². The summed E-state index contributed by atoms with van der Waals surface area (Å²) in [6.07, 6.45) is 0. The van der Waals surface area contributed by atoms with E-state index in [9.17, 15) is 0 Å². The summed E-state index contributed by atoms with van der Waals surface area (Å²) in [5.41, 5.74) is 5.59. The molecule has 1 heterocycles. The predicted octanol–water partition coefficient (Wildman–Crippen LogP) is 5.86. The third-order valence-corrected chi connectivity index (χ3v) is 5.95. The number of benzene rings is 3. The smallest absolute Gasteiger partial charge is 0.196 e. The van der Waals surface area contributed by atoms with Gasteiger partial charge in [-0.2, -0.15) is 0 Å². The zero-order valence-electron chi connectivity index (χ0n) is 18.1. The third-order valence-electron chi connectivity index (χ3n) is 4.95. The quantitative estimate of drug-likeness (QED) is 0.343. The Morgan fingerprint density at radius 2 is 1.48 bits per heavy atom. The summed E-state index contributed by atoms with van der Waals surface area (Å²) >= 11 is 1.67. The predicted molar refractivity (Wildman–Crippen MR) is 125 cm³/mol. The van der Waals surface area contributed by atoms with Gasteiger partial charge in [0.15, 0.2) is 11.0 Å². The highest BCUT2D eigenvalue weighted by molar-refractivity contribution is 7.98. The van der Waals surface area contributed by atoms with Crippen molar-refractivity contribution in [2.45, 2.75) is 24.8 Å². The molecule has 0 N–H and O–H groups in total. The molecule has 6 heteroatoms. The van der Waals surface area contributed by atoms with Crippen LogP contribution in [-0.2, 0) is 5.75 Å². The monoisotopic (exact) mass is 431 g/mol. The van der Waals surface area contributed by atoms with Crippen LogP contribution in [0.3, 0.4) is 0 Å². The molecular formula is C25H25N3O2S. The van der Waals surface area contributed by atoms with Crippen LogP contribution < -0.4 is 9.47 Å². The molecule has 31 heavy (non-hydrogen) atoms. The largest absolute Gasteiger partial charge is 0.497 e. The van der Waals surface area contributed by atoms with Gasteiger partial charge >= 0.3 is 0 Å². The van der Waals surface area contributed by atoms with Crippen LogP contribution in [0.1, 0.15) is 16.7 Å². The summed E-state index contributed by atoms with van der Waals surface area (Å²) in [6, 6.07) is 22.6. The van der Waals surface area contributed by atoms with Gasteiger partial charge in [0.1, 0.15) is 11.5 Å². The lowest BCUT2D eigenvalue weighted by atomic mass is 10.1. The van der Waals surface area contributed by atoms with Crippen molar-refractivity contribution in [1.29, 1.82) is 0 Å². The van der Waals surface area contributed by atoms with E-state index in [1.54, 1.807) is 26.0 Å². The minimum Gasteiger partial charge on any atom is -0.497 e. The standard InChI is InChI=1S/C25H25N3O2S/c1-17-7-5-9-19(11-17)16-31-25-27-26-24(28(25)21-10-6-8-18(2)12-21)20-13-22(29-3)15-23(14-20)30-4/h5-15H,16H2,1-4H3. The molecule has 0 amide bonds. The maximum Gasteiger partial charge on any atom is 0.196 e. The zero-order chi connectivity index (χ0) is 21.8. The van der Waals surface area contributed by atoms with E-state index in [0.717, 1.165) is 28.0 Å². The fourth-order valence-corrected chi connectivity index (χ4v) is 4.33. The number of rotatable bonds is 7. The Morgan fingerprint density at radius 1 is 0.806 bits per heavy atom. The second-order valence-electron chi connectivity index (χ2n) is 7.36. The van der Waals surface area contributed by atoms with Crippen LogP contribution in [0.25, 0.3) is 17.1 Å². The van der Waals surface area contributed by atoms with Gasteiger partial charge in [0.05, 0.1) is 14.2 Å². The highest BCUT2D eigenvalue weighted by Crippen LogP contribution is 2.34. The second kappa shape index (κ2) is 9.27. The first-order valence-electron chi connectivity index (χ1n) is 10.0. The van der Waals surface area contributed by atoms with E-state index < -0.39 is 0 Å². The van der Waals surface area contributed by atoms with Crippen molar-refractivity contribution in [1.82, 2.24) is 14.8 Å². The summed E-state index contributed by atoms with van der Waals surface area (Å²) in [5.74, 6) is 2.98. The number of methoxy groups -OCH3 is 2. The first kappa shape index (κ1) is 21.0. The molecular weight excluding hydrogens is 406 g/mol. The maximum absolute atomic E-state index is 5.46. The summed E-state index contributed by atoms with van der Waals surface area (Å²) < 4.78 is 13.0. The Bertz CT molecular complexity index is 1180. The molecule has 0 aliphatic rings. The minimum absolute atomic E-state index is 0.710. The molecule has 158 valence electrons. The Kier molecular flexibility index (Phi) is 6.28. The highest BCUT2D eigenvalue weighted by atomic mass is 32.2. The average molecular weight is 432 g/mol. The van der Waals surface area contributed by atoms with Gasteiger partial charge in [-0.15, -0.1) is 10.2 Å². The number of nitrogens with zero attached hydrogens (tertiary/aromatic N) is 3. The summed E-state index contributed by atoms with van der Waals surface area (Å²) in [6.45, 7) is 4.19. The van der Waals surface area contributed by atoms with Gasteiger partial charge in [-0.05, 0) is 49.2 Å². The maximum atomic E-state index is 5.46. The normalized spacial score (nSPS) is 10.8. The molecule has 0 aliphatic heterocycles. The van der Waals surface area contributed by atoms with Crippen molar-refractivity contribution >= 4 is 11.8 Å². The van der Waals surface area contributed by atoms with E-state index in [-0.39, 0.29) is 0 Å². The van der Waals surface area contributed by atoms with Crippen LogP contribution in [0.5, 0.6) is 11.5 Å². The number of aryl methyl sites for hydroxylation is 2. The molecule has 0 saturated carbocycles. The number of thioether (sulfide) groups is 1. The SMILES string of the molecule is COc1cc(OC)cc(-c2nnc(SCc3cccc(C)c3)n2-c2cccc(C)c2)c1. The molecule has 4 aromatic rings. The van der Waals surface area contributed by atoms with Gasteiger partial charge in [0.25, 0.3) is 0 Å². The minimum atomic E-state index is 0.710. The van der Waals surface area contributed by atoms with E-state index in [0.29, 0.717) is 11.5 Å². The van der Waals surface area contributed by atoms with Crippen molar-refractivity contribution in [3.05, 3.63) is 83.4 Å². The number of hydrogen-bond acceptors (Lipinski definition) is 5. The first-order chi connectivity index (χ1) is 15.1. The van der Waals surface area contributed by atoms with Crippen molar-refractivity contribution in [3.8, 4) is 28.6 Å². The Balaban J connectivity index is 1.79. The van der Waals surface area contributed by atoms with E-state index in [2.05, 4.69) is 77.1 Å². The van der Waals surface area contributed by atoms with E-state index >= 15 is 0 Å². The van der Waals surface area contributed by atoms with Gasteiger partial charge < -0.3 is 9.47 Å². The van der Waals surface area contributed by atoms with Gasteiger partial charge in [-0.1, -0.05) is 53.7 Å². The second-order valence-corrected chi connectivity index (χ2v) is 8.30. The molecule has 0 saturated heterocycles. The lowest BCUT2D eigenvalue weighted by Crippen LogP contribution is -2.01. The van der Waals surface area contributed by atoms with Crippen molar-refractivity contribution < 1.29 is 9.47 Å². The summed E-state index contributed by atoms with van der Waals surface area (Å²) in [5, 5.41) is 9.93. The van der Waals surface area contributed by atoms with Crippen molar-refractivity contribution in [3.63, 3.8) is 0 Å². The Hall–Kier alpha value is -3.25. The summed E-state index contributed by atoms with van der Waals surface area (Å²) in [4.78, 5) is 0. The lowest BCUT2D eigenvalue weighted by molar-refractivity contribution is 0.394. The van der Waals surface area contributed by atoms with Crippen LogP contribution in [0.4, 0.5) is 0 Å².